The first-order valence-corrected chi connectivity index (χ1v) is 2.06. The molecular weight excluding hydrogens is 109 g/mol. The number of nitro groups is 1. The molecule has 0 saturated carbocycles. The number of rotatable bonds is 1. The van der Waals surface area contributed by atoms with E-state index in [0.717, 1.165) is 0 Å². The average molecular weight is 109 g/mol. The molecule has 0 amide bonds. The van der Waals surface area contributed by atoms with Crippen molar-refractivity contribution in [1.82, 2.24) is 0 Å². The molecule has 0 aliphatic carbocycles. The van der Waals surface area contributed by atoms with Gasteiger partial charge in [0.2, 0.25) is 0 Å². The predicted octanol–water partition coefficient (Wildman–Crippen LogP) is 0.351. The zero-order valence-electron chi connectivity index (χ0n) is 2.53. The third kappa shape index (κ3) is 1.60. The SMILES string of the molecule is O=[N+]([O-])P(=O)=O. The van der Waals surface area contributed by atoms with E-state index < -0.39 is 12.5 Å². The molecule has 0 spiro atoms. The quantitative estimate of drug-likeness (QED) is 0.276. The lowest BCUT2D eigenvalue weighted by molar-refractivity contribution is -0.308. The van der Waals surface area contributed by atoms with Crippen LogP contribution in [0.4, 0.5) is 0 Å². The van der Waals surface area contributed by atoms with Gasteiger partial charge in [0.1, 0.15) is 4.69 Å². The van der Waals surface area contributed by atoms with Gasteiger partial charge in [-0.3, -0.25) is 10.1 Å². The molecule has 0 rings (SSSR count). The van der Waals surface area contributed by atoms with Crippen LogP contribution in [0.2, 0.25) is 0 Å². The van der Waals surface area contributed by atoms with Crippen LogP contribution in [-0.2, 0) is 9.13 Å². The third-order valence-corrected chi connectivity index (χ3v) is 0.400. The highest BCUT2D eigenvalue weighted by atomic mass is 31.1. The van der Waals surface area contributed by atoms with Crippen LogP contribution in [-0.4, -0.2) is 4.69 Å². The highest BCUT2D eigenvalue weighted by Crippen LogP contribution is 1.98. The maximum Gasteiger partial charge on any atom is 0.689 e. The molecule has 0 unspecified atom stereocenters. The van der Waals surface area contributed by atoms with Crippen molar-refractivity contribution >= 4 is 7.83 Å². The van der Waals surface area contributed by atoms with E-state index in [-0.39, 0.29) is 0 Å². The van der Waals surface area contributed by atoms with Gasteiger partial charge in [0.25, 0.3) is 0 Å². The Morgan fingerprint density at radius 1 is 1.50 bits per heavy atom. The van der Waals surface area contributed by atoms with Crippen molar-refractivity contribution in [2.45, 2.75) is 0 Å². The van der Waals surface area contributed by atoms with E-state index in [1.807, 2.05) is 0 Å². The van der Waals surface area contributed by atoms with Crippen LogP contribution in [0.1, 0.15) is 0 Å². The summed E-state index contributed by atoms with van der Waals surface area (Å²) in [5, 5.41) is 8.91. The minimum Gasteiger partial charge on any atom is -0.252 e. The molecule has 0 N–H and O–H groups in total. The molecule has 0 aromatic heterocycles. The average Bonchev–Trinajstić information content (AvgIpc) is 1.36. The summed E-state index contributed by atoms with van der Waals surface area (Å²) < 4.78 is 16.7. The molecule has 34 valence electrons. The summed E-state index contributed by atoms with van der Waals surface area (Å²) in [4.78, 5) is 8.91. The minimum atomic E-state index is -3.44. The van der Waals surface area contributed by atoms with Crippen LogP contribution in [0, 0.1) is 10.1 Å². The first-order chi connectivity index (χ1) is 2.64. The molecule has 0 aromatic rings. The van der Waals surface area contributed by atoms with Gasteiger partial charge in [-0.05, 0) is 0 Å². The maximum atomic E-state index is 9.04. The Hall–Kier alpha value is -0.700. The maximum absolute atomic E-state index is 9.04. The van der Waals surface area contributed by atoms with Crippen LogP contribution in [0.3, 0.4) is 0 Å². The molecule has 0 aliphatic rings. The van der Waals surface area contributed by atoms with Gasteiger partial charge in [0.15, 0.2) is 0 Å². The van der Waals surface area contributed by atoms with Crippen molar-refractivity contribution < 1.29 is 13.8 Å². The Morgan fingerprint density at radius 3 is 1.67 bits per heavy atom. The lowest BCUT2D eigenvalue weighted by Gasteiger charge is -1.60. The molecular formula is NO4P. The van der Waals surface area contributed by atoms with Crippen molar-refractivity contribution in [1.29, 1.82) is 0 Å². The van der Waals surface area contributed by atoms with Crippen LogP contribution in [0.25, 0.3) is 0 Å². The molecule has 0 aliphatic heterocycles. The summed E-state index contributed by atoms with van der Waals surface area (Å²) >= 11 is 0. The largest absolute Gasteiger partial charge is 0.689 e. The van der Waals surface area contributed by atoms with Crippen molar-refractivity contribution in [3.63, 3.8) is 0 Å². The Labute approximate surface area is 33.0 Å². The normalized spacial score (nSPS) is 7.33. The fraction of sp³-hybridized carbons (Fsp3) is 0. The summed E-state index contributed by atoms with van der Waals surface area (Å²) in [6, 6.07) is 0. The Bertz CT molecular complexity index is 114. The van der Waals surface area contributed by atoms with E-state index in [1.54, 1.807) is 0 Å². The highest BCUT2D eigenvalue weighted by molar-refractivity contribution is 7.23. The van der Waals surface area contributed by atoms with E-state index >= 15 is 0 Å². The van der Waals surface area contributed by atoms with Gasteiger partial charge in [-0.15, -0.1) is 0 Å². The monoisotopic (exact) mass is 109 g/mol. The van der Waals surface area contributed by atoms with E-state index in [0.29, 0.717) is 0 Å². The van der Waals surface area contributed by atoms with E-state index in [1.165, 1.54) is 0 Å². The number of nitrogens with zero attached hydrogens (tertiary/aromatic N) is 1. The molecule has 6 heteroatoms. The summed E-state index contributed by atoms with van der Waals surface area (Å²) in [5.74, 6) is 0. The number of hydrogen-bond donors (Lipinski definition) is 0. The van der Waals surface area contributed by atoms with Crippen molar-refractivity contribution in [3.05, 3.63) is 10.1 Å². The second-order valence-electron chi connectivity index (χ2n) is 0.476. The van der Waals surface area contributed by atoms with Gasteiger partial charge in [-0.1, -0.05) is 0 Å². The molecule has 0 bridgehead atoms. The zero-order valence-corrected chi connectivity index (χ0v) is 3.42. The lowest BCUT2D eigenvalue weighted by atomic mass is 13.4. The first-order valence-electron chi connectivity index (χ1n) is 0.930. The standard InChI is InChI=1S/NO4P/c2-1(3)6(4)5. The van der Waals surface area contributed by atoms with Crippen molar-refractivity contribution in [2.75, 3.05) is 0 Å². The molecule has 0 fully saturated rings. The second-order valence-corrected chi connectivity index (χ2v) is 1.28. The smallest absolute Gasteiger partial charge is 0.252 e. The fourth-order valence-corrected chi connectivity index (χ4v) is 0. The van der Waals surface area contributed by atoms with Crippen LogP contribution < -0.4 is 0 Å². The first kappa shape index (κ1) is 5.30. The van der Waals surface area contributed by atoms with E-state index in [9.17, 15) is 0 Å². The Kier molecular flexibility index (Phi) is 1.47. The summed E-state index contributed by atoms with van der Waals surface area (Å²) in [5.41, 5.74) is 0. The topological polar surface area (TPSA) is 77.3 Å². The molecule has 0 saturated heterocycles. The second kappa shape index (κ2) is 1.67. The summed E-state index contributed by atoms with van der Waals surface area (Å²) in [6.45, 7) is 0. The summed E-state index contributed by atoms with van der Waals surface area (Å²) in [7, 11) is -3.44. The zero-order chi connectivity index (χ0) is 5.15. The van der Waals surface area contributed by atoms with Gasteiger partial charge in [-0.25, -0.2) is 0 Å². The molecule has 0 radical (unpaired) electrons. The van der Waals surface area contributed by atoms with Crippen LogP contribution in [0.5, 0.6) is 0 Å². The van der Waals surface area contributed by atoms with Gasteiger partial charge in [-0.2, -0.15) is 9.13 Å². The third-order valence-electron chi connectivity index (χ3n) is 0.133. The predicted molar refractivity (Wildman–Crippen MR) is 15.3 cm³/mol. The van der Waals surface area contributed by atoms with Gasteiger partial charge >= 0.3 is 7.83 Å². The fourth-order valence-electron chi connectivity index (χ4n) is 0. The molecule has 0 aromatic carbocycles. The van der Waals surface area contributed by atoms with Crippen LogP contribution >= 0.6 is 7.83 Å². The Balaban J connectivity index is 3.94. The molecule has 0 heterocycles. The van der Waals surface area contributed by atoms with Gasteiger partial charge in [0.05, 0.1) is 0 Å². The van der Waals surface area contributed by atoms with Gasteiger partial charge < -0.3 is 0 Å². The minimum absolute atomic E-state index is 1.38. The van der Waals surface area contributed by atoms with Crippen molar-refractivity contribution in [2.24, 2.45) is 0 Å². The summed E-state index contributed by atoms with van der Waals surface area (Å²) in [6.07, 6.45) is 0. The van der Waals surface area contributed by atoms with E-state index in [2.05, 4.69) is 0 Å². The Morgan fingerprint density at radius 2 is 1.67 bits per heavy atom. The van der Waals surface area contributed by atoms with E-state index in [4.69, 9.17) is 19.2 Å². The molecule has 0 atom stereocenters. The van der Waals surface area contributed by atoms with Gasteiger partial charge in [0, 0.05) is 0 Å². The lowest BCUT2D eigenvalue weighted by Crippen LogP contribution is -1.71. The highest BCUT2D eigenvalue weighted by Gasteiger charge is 2.00. The molecule has 5 nitrogen and oxygen atoms in total. The van der Waals surface area contributed by atoms with Crippen LogP contribution in [0.15, 0.2) is 0 Å². The number of hydrogen-bond acceptors (Lipinski definition) is 4. The van der Waals surface area contributed by atoms with Crippen molar-refractivity contribution in [3.8, 4) is 0 Å². The molecule has 6 heavy (non-hydrogen) atoms.